The van der Waals surface area contributed by atoms with E-state index in [0.717, 1.165) is 23.6 Å². The maximum Gasteiger partial charge on any atom is 0.138 e. The van der Waals surface area contributed by atoms with Crippen molar-refractivity contribution in [3.05, 3.63) is 71.8 Å². The van der Waals surface area contributed by atoms with Gasteiger partial charge in [-0.1, -0.05) is 60.7 Å². The summed E-state index contributed by atoms with van der Waals surface area (Å²) in [6.45, 7) is 0.292. The summed E-state index contributed by atoms with van der Waals surface area (Å²) in [4.78, 5) is 2.48. The molecule has 0 spiro atoms. The Morgan fingerprint density at radius 2 is 1.48 bits per heavy atom. The first-order chi connectivity index (χ1) is 12.2. The van der Waals surface area contributed by atoms with Crippen LogP contribution in [0.5, 0.6) is 0 Å². The lowest BCUT2D eigenvalue weighted by Gasteiger charge is -2.39. The Hall–Kier alpha value is -1.68. The van der Waals surface area contributed by atoms with E-state index in [1.54, 1.807) is 0 Å². The van der Waals surface area contributed by atoms with Gasteiger partial charge >= 0.3 is 0 Å². The Morgan fingerprint density at radius 1 is 0.920 bits per heavy atom. The van der Waals surface area contributed by atoms with Gasteiger partial charge < -0.3 is 9.84 Å². The quantitative estimate of drug-likeness (QED) is 0.905. The van der Waals surface area contributed by atoms with Crippen molar-refractivity contribution in [2.45, 2.75) is 49.5 Å². The van der Waals surface area contributed by atoms with Gasteiger partial charge in [-0.3, -0.25) is 4.90 Å². The highest BCUT2D eigenvalue weighted by molar-refractivity contribution is 5.36. The third-order valence-corrected chi connectivity index (χ3v) is 6.12. The molecule has 4 rings (SSSR count). The number of piperidine rings is 1. The van der Waals surface area contributed by atoms with Crippen LogP contribution in [-0.4, -0.2) is 41.8 Å². The van der Waals surface area contributed by atoms with Crippen molar-refractivity contribution in [2.75, 3.05) is 13.7 Å². The molecule has 0 radical (unpaired) electrons. The third kappa shape index (κ3) is 3.12. The maximum absolute atomic E-state index is 11.6. The van der Waals surface area contributed by atoms with E-state index in [-0.39, 0.29) is 6.10 Å². The zero-order chi connectivity index (χ0) is 17.3. The Balaban J connectivity index is 1.57. The molecule has 2 saturated heterocycles. The van der Waals surface area contributed by atoms with Crippen molar-refractivity contribution in [2.24, 2.45) is 0 Å². The molecule has 0 aliphatic carbocycles. The van der Waals surface area contributed by atoms with E-state index in [1.807, 2.05) is 60.7 Å². The second-order valence-corrected chi connectivity index (χ2v) is 7.48. The number of likely N-dealkylation sites (N-methyl/N-ethyl adjacent to an activating group) is 1. The molecule has 0 aromatic heterocycles. The van der Waals surface area contributed by atoms with Gasteiger partial charge in [0.05, 0.1) is 12.7 Å². The molecule has 2 heterocycles. The second kappa shape index (κ2) is 6.91. The van der Waals surface area contributed by atoms with E-state index in [2.05, 4.69) is 11.9 Å². The molecule has 3 heteroatoms. The number of nitrogens with zero attached hydrogens (tertiary/aromatic N) is 1. The molecule has 1 N–H and O–H groups in total. The summed E-state index contributed by atoms with van der Waals surface area (Å²) in [6, 6.07) is 21.0. The number of hydrogen-bond acceptors (Lipinski definition) is 3. The summed E-state index contributed by atoms with van der Waals surface area (Å²) in [6.07, 6.45) is 5.00. The zero-order valence-corrected chi connectivity index (χ0v) is 14.8. The average Bonchev–Trinajstić information content (AvgIpc) is 2.90. The van der Waals surface area contributed by atoms with Crippen LogP contribution >= 0.6 is 0 Å². The van der Waals surface area contributed by atoms with Crippen LogP contribution < -0.4 is 0 Å². The molecule has 2 aromatic rings. The molecule has 2 aliphatic heterocycles. The van der Waals surface area contributed by atoms with Crippen LogP contribution in [0.4, 0.5) is 0 Å². The Morgan fingerprint density at radius 3 is 2.08 bits per heavy atom. The molecular formula is C22H27NO2. The first kappa shape index (κ1) is 16.8. The molecule has 2 aromatic carbocycles. The highest BCUT2D eigenvalue weighted by Gasteiger charge is 2.42. The minimum absolute atomic E-state index is 0.211. The SMILES string of the molecule is CN1[C@@H]2CC[C@H](OCC(O)(c3ccccc3)c3ccccc3)[C@H]1CC2. The normalized spacial score (nSPS) is 26.7. The summed E-state index contributed by atoms with van der Waals surface area (Å²) in [7, 11) is 2.22. The average molecular weight is 337 g/mol. The van der Waals surface area contributed by atoms with Gasteiger partial charge in [-0.05, 0) is 43.9 Å². The lowest BCUT2D eigenvalue weighted by molar-refractivity contribution is -0.0894. The summed E-state index contributed by atoms with van der Waals surface area (Å²) >= 11 is 0. The molecule has 2 fully saturated rings. The minimum atomic E-state index is -1.11. The standard InChI is InChI=1S/C22H27NO2/c1-23-19-12-14-20(23)21(15-13-19)25-16-22(24,17-8-4-2-5-9-17)18-10-6-3-7-11-18/h2-11,19-21,24H,12-16H2,1H3/t19-,20+,21-/m0/s1. The molecule has 2 bridgehead atoms. The van der Waals surface area contributed by atoms with Gasteiger partial charge in [0.2, 0.25) is 0 Å². The number of aliphatic hydroxyl groups is 1. The van der Waals surface area contributed by atoms with Gasteiger partial charge in [-0.25, -0.2) is 0 Å². The molecule has 2 aliphatic rings. The van der Waals surface area contributed by atoms with Gasteiger partial charge in [0, 0.05) is 12.1 Å². The van der Waals surface area contributed by atoms with Crippen molar-refractivity contribution < 1.29 is 9.84 Å². The van der Waals surface area contributed by atoms with Crippen molar-refractivity contribution >= 4 is 0 Å². The maximum atomic E-state index is 11.6. The third-order valence-electron chi connectivity index (χ3n) is 6.12. The fraction of sp³-hybridized carbons (Fsp3) is 0.455. The number of rotatable bonds is 5. The molecule has 0 unspecified atom stereocenters. The molecule has 25 heavy (non-hydrogen) atoms. The molecular weight excluding hydrogens is 310 g/mol. The Kier molecular flexibility index (Phi) is 4.63. The number of fused-ring (bicyclic) bond motifs is 2. The molecule has 132 valence electrons. The predicted octanol–water partition coefficient (Wildman–Crippen LogP) is 3.56. The van der Waals surface area contributed by atoms with E-state index in [9.17, 15) is 5.11 Å². The van der Waals surface area contributed by atoms with Gasteiger partial charge in [0.25, 0.3) is 0 Å². The van der Waals surface area contributed by atoms with Crippen LogP contribution in [0.2, 0.25) is 0 Å². The summed E-state index contributed by atoms with van der Waals surface area (Å²) in [5.74, 6) is 0. The summed E-state index contributed by atoms with van der Waals surface area (Å²) in [5.41, 5.74) is 0.653. The zero-order valence-electron chi connectivity index (χ0n) is 14.8. The smallest absolute Gasteiger partial charge is 0.138 e. The van der Waals surface area contributed by atoms with E-state index in [0.29, 0.717) is 12.6 Å². The van der Waals surface area contributed by atoms with Crippen molar-refractivity contribution in [1.82, 2.24) is 4.90 Å². The van der Waals surface area contributed by atoms with E-state index in [1.165, 1.54) is 19.3 Å². The molecule has 3 atom stereocenters. The highest BCUT2D eigenvalue weighted by atomic mass is 16.5. The van der Waals surface area contributed by atoms with Crippen molar-refractivity contribution in [3.63, 3.8) is 0 Å². The topological polar surface area (TPSA) is 32.7 Å². The first-order valence-electron chi connectivity index (χ1n) is 9.35. The van der Waals surface area contributed by atoms with Crippen LogP contribution in [0.25, 0.3) is 0 Å². The van der Waals surface area contributed by atoms with E-state index < -0.39 is 5.60 Å². The van der Waals surface area contributed by atoms with Gasteiger partial charge in [0.1, 0.15) is 5.60 Å². The number of benzene rings is 2. The van der Waals surface area contributed by atoms with Gasteiger partial charge in [-0.2, -0.15) is 0 Å². The Bertz CT molecular complexity index is 648. The van der Waals surface area contributed by atoms with Gasteiger partial charge in [-0.15, -0.1) is 0 Å². The van der Waals surface area contributed by atoms with Crippen LogP contribution in [0.15, 0.2) is 60.7 Å². The fourth-order valence-electron chi connectivity index (χ4n) is 4.57. The number of hydrogen-bond donors (Lipinski definition) is 1. The van der Waals surface area contributed by atoms with Crippen LogP contribution in [-0.2, 0) is 10.3 Å². The van der Waals surface area contributed by atoms with Gasteiger partial charge in [0.15, 0.2) is 0 Å². The van der Waals surface area contributed by atoms with Crippen molar-refractivity contribution in [3.8, 4) is 0 Å². The van der Waals surface area contributed by atoms with Crippen molar-refractivity contribution in [1.29, 1.82) is 0 Å². The van der Waals surface area contributed by atoms with Crippen LogP contribution in [0.1, 0.15) is 36.8 Å². The first-order valence-corrected chi connectivity index (χ1v) is 9.35. The summed E-state index contributed by atoms with van der Waals surface area (Å²) in [5, 5.41) is 11.6. The molecule has 3 nitrogen and oxygen atoms in total. The lowest BCUT2D eigenvalue weighted by Crippen LogP contribution is -2.47. The number of ether oxygens (including phenoxy) is 1. The molecule has 0 amide bonds. The fourth-order valence-corrected chi connectivity index (χ4v) is 4.57. The van der Waals surface area contributed by atoms with Crippen LogP contribution in [0.3, 0.4) is 0 Å². The largest absolute Gasteiger partial charge is 0.378 e. The van der Waals surface area contributed by atoms with E-state index in [4.69, 9.17) is 4.74 Å². The monoisotopic (exact) mass is 337 g/mol. The highest BCUT2D eigenvalue weighted by Crippen LogP contribution is 2.37. The second-order valence-electron chi connectivity index (χ2n) is 7.48. The van der Waals surface area contributed by atoms with E-state index >= 15 is 0 Å². The summed E-state index contributed by atoms with van der Waals surface area (Å²) < 4.78 is 6.37. The molecule has 0 saturated carbocycles. The van der Waals surface area contributed by atoms with Crippen LogP contribution in [0, 0.1) is 0 Å². The predicted molar refractivity (Wildman–Crippen MR) is 99.4 cm³/mol. The lowest BCUT2D eigenvalue weighted by atomic mass is 9.87. The minimum Gasteiger partial charge on any atom is -0.378 e. The Labute approximate surface area is 150 Å².